The first-order valence-electron chi connectivity index (χ1n) is 6.27. The molecule has 0 radical (unpaired) electrons. The Bertz CT molecular complexity index is 581. The van der Waals surface area contributed by atoms with Gasteiger partial charge in [0.2, 0.25) is 10.0 Å². The van der Waals surface area contributed by atoms with E-state index in [0.29, 0.717) is 9.37 Å². The zero-order valence-corrected chi connectivity index (χ0v) is 15.0. The topological polar surface area (TPSA) is 37.4 Å². The Morgan fingerprint density at radius 2 is 1.74 bits per heavy atom. The number of rotatable bonds is 3. The van der Waals surface area contributed by atoms with Crippen LogP contribution in [0.25, 0.3) is 0 Å². The first-order valence-corrected chi connectivity index (χ1v) is 9.30. The normalized spacial score (nSPS) is 17.3. The molecule has 19 heavy (non-hydrogen) atoms. The van der Waals surface area contributed by atoms with E-state index in [1.54, 1.807) is 13.1 Å². The van der Waals surface area contributed by atoms with E-state index < -0.39 is 10.0 Å². The summed E-state index contributed by atoms with van der Waals surface area (Å²) in [5, 5.41) is 0. The van der Waals surface area contributed by atoms with Gasteiger partial charge in [0.15, 0.2) is 0 Å². The molecule has 1 saturated carbocycles. The van der Waals surface area contributed by atoms with Crippen molar-refractivity contribution in [1.82, 2.24) is 4.31 Å². The molecule has 0 bridgehead atoms. The lowest BCUT2D eigenvalue weighted by Crippen LogP contribution is -2.35. The van der Waals surface area contributed by atoms with Crippen LogP contribution < -0.4 is 0 Å². The second-order valence-corrected chi connectivity index (χ2v) is 8.67. The SMILES string of the molecule is Cc1cc(Br)c(S(=O)(=O)N(C)C2CCCC2)cc1Br. The smallest absolute Gasteiger partial charge is 0.207 e. The predicted molar refractivity (Wildman–Crippen MR) is 83.8 cm³/mol. The maximum absolute atomic E-state index is 12.7. The summed E-state index contributed by atoms with van der Waals surface area (Å²) < 4.78 is 28.3. The number of sulfonamides is 1. The molecule has 0 atom stereocenters. The molecule has 0 N–H and O–H groups in total. The largest absolute Gasteiger partial charge is 0.244 e. The summed E-state index contributed by atoms with van der Waals surface area (Å²) in [6.45, 7) is 1.94. The summed E-state index contributed by atoms with van der Waals surface area (Å²) in [6.07, 6.45) is 4.15. The van der Waals surface area contributed by atoms with E-state index in [4.69, 9.17) is 0 Å². The number of hydrogen-bond donors (Lipinski definition) is 0. The molecule has 0 amide bonds. The van der Waals surface area contributed by atoms with Crippen LogP contribution in [0.5, 0.6) is 0 Å². The molecule has 1 aliphatic carbocycles. The lowest BCUT2D eigenvalue weighted by molar-refractivity contribution is 0.373. The van der Waals surface area contributed by atoms with E-state index in [9.17, 15) is 8.42 Å². The number of halogens is 2. The number of nitrogens with zero attached hydrogens (tertiary/aromatic N) is 1. The van der Waals surface area contributed by atoms with Crippen molar-refractivity contribution in [3.63, 3.8) is 0 Å². The maximum Gasteiger partial charge on any atom is 0.244 e. The van der Waals surface area contributed by atoms with Gasteiger partial charge in [-0.1, -0.05) is 28.8 Å². The monoisotopic (exact) mass is 409 g/mol. The minimum atomic E-state index is -3.44. The van der Waals surface area contributed by atoms with Crippen molar-refractivity contribution < 1.29 is 8.42 Å². The highest BCUT2D eigenvalue weighted by Crippen LogP contribution is 2.33. The average molecular weight is 411 g/mol. The molecule has 0 spiro atoms. The molecule has 1 aromatic carbocycles. The van der Waals surface area contributed by atoms with Gasteiger partial charge < -0.3 is 0 Å². The third-order valence-electron chi connectivity index (χ3n) is 3.71. The first kappa shape index (κ1) is 15.5. The predicted octanol–water partition coefficient (Wildman–Crippen LogP) is 4.08. The summed E-state index contributed by atoms with van der Waals surface area (Å²) in [5.41, 5.74) is 1.01. The van der Waals surface area contributed by atoms with Crippen LogP contribution in [-0.4, -0.2) is 25.8 Å². The number of benzene rings is 1. The van der Waals surface area contributed by atoms with Gasteiger partial charge in [-0.3, -0.25) is 0 Å². The highest BCUT2D eigenvalue weighted by Gasteiger charge is 2.31. The summed E-state index contributed by atoms with van der Waals surface area (Å²) in [5.74, 6) is 0. The van der Waals surface area contributed by atoms with Crippen LogP contribution in [0.2, 0.25) is 0 Å². The second-order valence-electron chi connectivity index (χ2n) is 4.99. The van der Waals surface area contributed by atoms with Gasteiger partial charge in [0.1, 0.15) is 0 Å². The van der Waals surface area contributed by atoms with E-state index in [-0.39, 0.29) is 6.04 Å². The van der Waals surface area contributed by atoms with Gasteiger partial charge in [-0.05, 0) is 53.4 Å². The molecule has 3 nitrogen and oxygen atoms in total. The molecule has 1 aliphatic rings. The average Bonchev–Trinajstić information content (AvgIpc) is 2.86. The summed E-state index contributed by atoms with van der Waals surface area (Å²) in [6, 6.07) is 3.65. The molecule has 0 aromatic heterocycles. The molecule has 106 valence electrons. The Morgan fingerprint density at radius 1 is 1.16 bits per heavy atom. The van der Waals surface area contributed by atoms with Crippen molar-refractivity contribution in [1.29, 1.82) is 0 Å². The van der Waals surface area contributed by atoms with Crippen molar-refractivity contribution in [2.24, 2.45) is 0 Å². The van der Waals surface area contributed by atoms with E-state index >= 15 is 0 Å². The fourth-order valence-corrected chi connectivity index (χ4v) is 5.50. The van der Waals surface area contributed by atoms with Gasteiger partial charge in [-0.2, -0.15) is 4.31 Å². The van der Waals surface area contributed by atoms with Crippen LogP contribution in [0.4, 0.5) is 0 Å². The first-order chi connectivity index (χ1) is 8.84. The molecular weight excluding hydrogens is 394 g/mol. The van der Waals surface area contributed by atoms with Gasteiger partial charge in [-0.15, -0.1) is 0 Å². The Hall–Kier alpha value is 0.0900. The second kappa shape index (κ2) is 5.84. The maximum atomic E-state index is 12.7. The number of aryl methyl sites for hydroxylation is 1. The van der Waals surface area contributed by atoms with E-state index in [1.165, 1.54) is 4.31 Å². The molecule has 0 aliphatic heterocycles. The third kappa shape index (κ3) is 3.06. The van der Waals surface area contributed by atoms with Crippen LogP contribution >= 0.6 is 31.9 Å². The van der Waals surface area contributed by atoms with E-state index in [0.717, 1.165) is 35.7 Å². The molecular formula is C13H17Br2NO2S. The van der Waals surface area contributed by atoms with Gasteiger partial charge >= 0.3 is 0 Å². The van der Waals surface area contributed by atoms with Gasteiger partial charge in [0, 0.05) is 22.0 Å². The van der Waals surface area contributed by atoms with Crippen LogP contribution in [-0.2, 0) is 10.0 Å². The van der Waals surface area contributed by atoms with Crippen LogP contribution in [0.1, 0.15) is 31.2 Å². The highest BCUT2D eigenvalue weighted by molar-refractivity contribution is 9.11. The van der Waals surface area contributed by atoms with Crippen molar-refractivity contribution in [2.75, 3.05) is 7.05 Å². The van der Waals surface area contributed by atoms with E-state index in [1.807, 2.05) is 13.0 Å². The molecule has 6 heteroatoms. The number of hydrogen-bond acceptors (Lipinski definition) is 2. The molecule has 1 aromatic rings. The van der Waals surface area contributed by atoms with Gasteiger partial charge in [-0.25, -0.2) is 8.42 Å². The summed E-state index contributed by atoms with van der Waals surface area (Å²) in [7, 11) is -1.75. The van der Waals surface area contributed by atoms with Crippen molar-refractivity contribution in [3.05, 3.63) is 26.6 Å². The van der Waals surface area contributed by atoms with Crippen LogP contribution in [0.3, 0.4) is 0 Å². The quantitative estimate of drug-likeness (QED) is 0.752. The van der Waals surface area contributed by atoms with Crippen molar-refractivity contribution >= 4 is 41.9 Å². The minimum absolute atomic E-state index is 0.136. The fraction of sp³-hybridized carbons (Fsp3) is 0.538. The zero-order chi connectivity index (χ0) is 14.2. The van der Waals surface area contributed by atoms with Crippen molar-refractivity contribution in [2.45, 2.75) is 43.5 Å². The Morgan fingerprint density at radius 3 is 2.32 bits per heavy atom. The van der Waals surface area contributed by atoms with Gasteiger partial charge in [0.05, 0.1) is 4.90 Å². The molecule has 1 fully saturated rings. The van der Waals surface area contributed by atoms with Crippen LogP contribution in [0, 0.1) is 6.92 Å². The zero-order valence-electron chi connectivity index (χ0n) is 11.0. The fourth-order valence-electron chi connectivity index (χ4n) is 2.44. The van der Waals surface area contributed by atoms with E-state index in [2.05, 4.69) is 31.9 Å². The third-order valence-corrected chi connectivity index (χ3v) is 7.43. The molecule has 0 unspecified atom stereocenters. The van der Waals surface area contributed by atoms with Crippen LogP contribution in [0.15, 0.2) is 26.0 Å². The van der Waals surface area contributed by atoms with Gasteiger partial charge in [0.25, 0.3) is 0 Å². The highest BCUT2D eigenvalue weighted by atomic mass is 79.9. The van der Waals surface area contributed by atoms with Crippen molar-refractivity contribution in [3.8, 4) is 0 Å². The molecule has 0 saturated heterocycles. The summed E-state index contributed by atoms with van der Waals surface area (Å²) in [4.78, 5) is 0.333. The minimum Gasteiger partial charge on any atom is -0.207 e. The Kier molecular flexibility index (Phi) is 4.75. The molecule has 0 heterocycles. The summed E-state index contributed by atoms with van der Waals surface area (Å²) >= 11 is 6.77. The standard InChI is InChI=1S/C13H17Br2NO2S/c1-9-7-12(15)13(8-11(9)14)19(17,18)16(2)10-5-3-4-6-10/h7-8,10H,3-6H2,1-2H3. The molecule has 2 rings (SSSR count). The lowest BCUT2D eigenvalue weighted by Gasteiger charge is -2.24. The Labute approximate surface area is 131 Å². The lowest BCUT2D eigenvalue weighted by atomic mass is 10.2. The Balaban J connectivity index is 2.41.